The summed E-state index contributed by atoms with van der Waals surface area (Å²) in [5.74, 6) is 0. The van der Waals surface area contributed by atoms with E-state index in [4.69, 9.17) is 9.47 Å². The van der Waals surface area contributed by atoms with E-state index in [2.05, 4.69) is 10.3 Å². The molecule has 82 valence electrons. The second-order valence-electron chi connectivity index (χ2n) is 2.85. The Hall–Kier alpha value is -1.55. The molecule has 0 aromatic heterocycles. The first-order valence-corrected chi connectivity index (χ1v) is 4.84. The normalized spacial score (nSPS) is 10.5. The molecule has 0 unspecified atom stereocenters. The van der Waals surface area contributed by atoms with E-state index in [1.54, 1.807) is 7.11 Å². The van der Waals surface area contributed by atoms with E-state index in [-0.39, 0.29) is 0 Å². The molecule has 0 amide bonds. The summed E-state index contributed by atoms with van der Waals surface area (Å²) >= 11 is 0. The molecular formula is C11H16N2O2. The second-order valence-corrected chi connectivity index (χ2v) is 2.85. The number of rotatable bonds is 6. The lowest BCUT2D eigenvalue weighted by atomic mass is 10.3. The zero-order valence-corrected chi connectivity index (χ0v) is 9.06. The predicted molar refractivity (Wildman–Crippen MR) is 61.7 cm³/mol. The van der Waals surface area contributed by atoms with Crippen molar-refractivity contribution in [1.82, 2.24) is 0 Å². The Bertz CT molecular complexity index is 296. The van der Waals surface area contributed by atoms with Gasteiger partial charge in [0.1, 0.15) is 6.73 Å². The Kier molecular flexibility index (Phi) is 5.25. The first-order valence-electron chi connectivity index (χ1n) is 4.84. The topological polar surface area (TPSA) is 42.8 Å². The summed E-state index contributed by atoms with van der Waals surface area (Å²) in [6.45, 7) is 3.06. The smallest absolute Gasteiger partial charge is 0.174 e. The third-order valence-electron chi connectivity index (χ3n) is 1.73. The summed E-state index contributed by atoms with van der Waals surface area (Å²) in [7, 11) is 1.65. The highest BCUT2D eigenvalue weighted by Crippen LogP contribution is 2.15. The van der Waals surface area contributed by atoms with Crippen LogP contribution in [0.2, 0.25) is 0 Å². The van der Waals surface area contributed by atoms with Crippen molar-refractivity contribution in [3.8, 4) is 0 Å². The molecule has 0 radical (unpaired) electrons. The van der Waals surface area contributed by atoms with Crippen LogP contribution in [0.1, 0.15) is 6.92 Å². The van der Waals surface area contributed by atoms with Crippen molar-refractivity contribution in [3.05, 3.63) is 24.3 Å². The maximum atomic E-state index is 5.01. The Balaban J connectivity index is 2.48. The van der Waals surface area contributed by atoms with Gasteiger partial charge in [0, 0.05) is 12.8 Å². The lowest BCUT2D eigenvalue weighted by Crippen LogP contribution is -2.02. The molecule has 0 bridgehead atoms. The number of hydrogen-bond acceptors (Lipinski definition) is 4. The van der Waals surface area contributed by atoms with Gasteiger partial charge in [0.05, 0.1) is 12.3 Å². The summed E-state index contributed by atoms with van der Waals surface area (Å²) < 4.78 is 9.90. The quantitative estimate of drug-likeness (QED) is 0.443. The van der Waals surface area contributed by atoms with Gasteiger partial charge >= 0.3 is 0 Å². The van der Waals surface area contributed by atoms with Crippen molar-refractivity contribution < 1.29 is 9.47 Å². The average molecular weight is 208 g/mol. The molecule has 1 aromatic rings. The number of ether oxygens (including phenoxy) is 2. The van der Waals surface area contributed by atoms with Crippen LogP contribution in [0.15, 0.2) is 29.3 Å². The second kappa shape index (κ2) is 6.84. The summed E-state index contributed by atoms with van der Waals surface area (Å²) in [5, 5.41) is 3.08. The van der Waals surface area contributed by atoms with Crippen molar-refractivity contribution in [2.45, 2.75) is 6.92 Å². The van der Waals surface area contributed by atoms with Gasteiger partial charge < -0.3 is 14.8 Å². The van der Waals surface area contributed by atoms with Gasteiger partial charge in [-0.3, -0.25) is 0 Å². The molecule has 0 fully saturated rings. The number of hydrogen-bond donors (Lipinski definition) is 1. The van der Waals surface area contributed by atoms with Gasteiger partial charge in [0.15, 0.2) is 6.40 Å². The number of nitrogens with zero attached hydrogens (tertiary/aromatic N) is 1. The minimum absolute atomic E-state index is 0.502. The molecule has 0 spiro atoms. The maximum absolute atomic E-state index is 5.01. The molecule has 0 saturated carbocycles. The minimum Gasteiger partial charge on any atom is -0.483 e. The SMILES string of the molecule is CCOC=Nc1ccc(NCOC)cc1. The van der Waals surface area contributed by atoms with Crippen molar-refractivity contribution in [2.75, 3.05) is 25.8 Å². The molecule has 15 heavy (non-hydrogen) atoms. The summed E-state index contributed by atoms with van der Waals surface area (Å²) in [4.78, 5) is 4.11. The van der Waals surface area contributed by atoms with E-state index in [1.165, 1.54) is 6.40 Å². The number of aliphatic imine (C=N–C) groups is 1. The van der Waals surface area contributed by atoms with Crippen LogP contribution < -0.4 is 5.32 Å². The molecule has 1 N–H and O–H groups in total. The third kappa shape index (κ3) is 4.46. The number of anilines is 1. The lowest BCUT2D eigenvalue weighted by Gasteiger charge is -2.04. The lowest BCUT2D eigenvalue weighted by molar-refractivity contribution is 0.221. The van der Waals surface area contributed by atoms with Gasteiger partial charge in [-0.1, -0.05) is 0 Å². The van der Waals surface area contributed by atoms with E-state index in [0.29, 0.717) is 13.3 Å². The van der Waals surface area contributed by atoms with Gasteiger partial charge in [-0.2, -0.15) is 0 Å². The van der Waals surface area contributed by atoms with Crippen LogP contribution in [0.4, 0.5) is 11.4 Å². The van der Waals surface area contributed by atoms with Crippen LogP contribution in [-0.2, 0) is 9.47 Å². The van der Waals surface area contributed by atoms with E-state index < -0.39 is 0 Å². The molecule has 4 heteroatoms. The van der Waals surface area contributed by atoms with E-state index in [1.807, 2.05) is 31.2 Å². The standard InChI is InChI=1S/C11H16N2O2/c1-3-15-9-13-11-6-4-10(5-7-11)12-8-14-2/h4-7,9,12H,3,8H2,1-2H3. The minimum atomic E-state index is 0.502. The molecule has 0 aliphatic heterocycles. The molecule has 0 aliphatic rings. The first-order chi connectivity index (χ1) is 7.36. The number of benzene rings is 1. The zero-order valence-electron chi connectivity index (χ0n) is 9.06. The fourth-order valence-electron chi connectivity index (χ4n) is 0.994. The van der Waals surface area contributed by atoms with Crippen LogP contribution in [0.5, 0.6) is 0 Å². The Morgan fingerprint density at radius 2 is 2.07 bits per heavy atom. The highest BCUT2D eigenvalue weighted by molar-refractivity contribution is 5.58. The van der Waals surface area contributed by atoms with Crippen molar-refractivity contribution in [3.63, 3.8) is 0 Å². The summed E-state index contributed by atoms with van der Waals surface area (Å²) in [5.41, 5.74) is 1.87. The molecule has 0 saturated heterocycles. The highest BCUT2D eigenvalue weighted by atomic mass is 16.5. The zero-order chi connectivity index (χ0) is 10.9. The van der Waals surface area contributed by atoms with Gasteiger partial charge in [0.2, 0.25) is 0 Å². The molecular weight excluding hydrogens is 192 g/mol. The Morgan fingerprint density at radius 3 is 2.67 bits per heavy atom. The molecule has 0 heterocycles. The van der Waals surface area contributed by atoms with Crippen LogP contribution in [0.25, 0.3) is 0 Å². The van der Waals surface area contributed by atoms with Crippen LogP contribution in [0.3, 0.4) is 0 Å². The fourth-order valence-corrected chi connectivity index (χ4v) is 0.994. The highest BCUT2D eigenvalue weighted by Gasteiger charge is 1.91. The fraction of sp³-hybridized carbons (Fsp3) is 0.364. The van der Waals surface area contributed by atoms with Gasteiger partial charge in [-0.05, 0) is 31.2 Å². The van der Waals surface area contributed by atoms with Gasteiger partial charge in [0.25, 0.3) is 0 Å². The Morgan fingerprint density at radius 1 is 1.33 bits per heavy atom. The van der Waals surface area contributed by atoms with E-state index >= 15 is 0 Å². The van der Waals surface area contributed by atoms with Crippen molar-refractivity contribution in [2.24, 2.45) is 4.99 Å². The molecule has 1 rings (SSSR count). The van der Waals surface area contributed by atoms with Crippen LogP contribution in [0, 0.1) is 0 Å². The summed E-state index contributed by atoms with van der Waals surface area (Å²) in [6.07, 6.45) is 1.46. The Labute approximate surface area is 89.9 Å². The van der Waals surface area contributed by atoms with Crippen LogP contribution >= 0.6 is 0 Å². The summed E-state index contributed by atoms with van der Waals surface area (Å²) in [6, 6.07) is 7.70. The van der Waals surface area contributed by atoms with Crippen molar-refractivity contribution >= 4 is 17.8 Å². The first kappa shape index (κ1) is 11.5. The van der Waals surface area contributed by atoms with Gasteiger partial charge in [-0.25, -0.2) is 4.99 Å². The average Bonchev–Trinajstić information content (AvgIpc) is 2.28. The largest absolute Gasteiger partial charge is 0.483 e. The monoisotopic (exact) mass is 208 g/mol. The predicted octanol–water partition coefficient (Wildman–Crippen LogP) is 2.40. The van der Waals surface area contributed by atoms with Crippen LogP contribution in [-0.4, -0.2) is 26.8 Å². The van der Waals surface area contributed by atoms with E-state index in [0.717, 1.165) is 11.4 Å². The number of nitrogens with one attached hydrogen (secondary N) is 1. The van der Waals surface area contributed by atoms with Gasteiger partial charge in [-0.15, -0.1) is 0 Å². The molecule has 0 aliphatic carbocycles. The van der Waals surface area contributed by atoms with Crippen molar-refractivity contribution in [1.29, 1.82) is 0 Å². The molecule has 0 atom stereocenters. The maximum Gasteiger partial charge on any atom is 0.174 e. The molecule has 1 aromatic carbocycles. The third-order valence-corrected chi connectivity index (χ3v) is 1.73. The van der Waals surface area contributed by atoms with E-state index in [9.17, 15) is 0 Å². The molecule has 4 nitrogen and oxygen atoms in total. The number of methoxy groups -OCH3 is 1.